The van der Waals surface area contributed by atoms with Crippen LogP contribution < -0.4 is 0 Å². The second kappa shape index (κ2) is 3.70. The molecule has 1 nitrogen and oxygen atoms in total. The number of hydrogen-bond donors (Lipinski definition) is 1. The summed E-state index contributed by atoms with van der Waals surface area (Å²) in [6, 6.07) is 0. The third-order valence-corrected chi connectivity index (χ3v) is 1.39. The smallest absolute Gasteiger partial charge is 0.332 e. The normalized spacial score (nSPS) is 12.5. The minimum Gasteiger partial charge on any atom is -0.332 e. The Morgan fingerprint density at radius 2 is 1.55 bits per heavy atom. The first-order chi connectivity index (χ1) is 4.31. The van der Waals surface area contributed by atoms with E-state index in [0.29, 0.717) is 0 Å². The summed E-state index contributed by atoms with van der Waals surface area (Å²) in [6.07, 6.45) is -5.91. The van der Waals surface area contributed by atoms with E-state index >= 15 is 0 Å². The Labute approximate surface area is 68.6 Å². The molecule has 0 spiro atoms. The molecule has 0 aliphatic rings. The summed E-state index contributed by atoms with van der Waals surface area (Å²) in [5.74, 6) is -4.30. The molecule has 0 heterocycles. The number of rotatable bonds is 3. The predicted molar refractivity (Wildman–Crippen MR) is 35.6 cm³/mol. The van der Waals surface area contributed by atoms with Crippen LogP contribution in [-0.4, -0.2) is 21.6 Å². The van der Waals surface area contributed by atoms with E-state index in [2.05, 4.69) is 0 Å². The van der Waals surface area contributed by atoms with Crippen molar-refractivity contribution in [1.82, 2.24) is 0 Å². The van der Waals surface area contributed by atoms with Crippen molar-refractivity contribution >= 4 is 22.6 Å². The van der Waals surface area contributed by atoms with Gasteiger partial charge in [-0.1, -0.05) is 22.6 Å². The summed E-state index contributed by atoms with van der Waals surface area (Å²) in [4.78, 5) is 0. The summed E-state index contributed by atoms with van der Waals surface area (Å²) in [5.41, 5.74) is 0. The molecule has 0 aromatic heterocycles. The largest absolute Gasteiger partial charge is 0.416 e. The Hall–Kier alpha value is -0.590. The van der Waals surface area contributed by atoms with Crippen molar-refractivity contribution in [3.05, 3.63) is 0 Å². The first-order valence-electron chi connectivity index (χ1n) is 2.35. The maximum Gasteiger partial charge on any atom is 0.416 e. The Kier molecular flexibility index (Phi) is 4.38. The molecule has 0 atom stereocenters. The number of hydrogen-bond acceptors (Lipinski definition) is 1. The standard InChI is InChI=1S/C4H5F4IO.Rf/c5-3(6,1-2-9)4(7,8)10;/h10H,1-2H2;. The molecule has 7 heteroatoms. The van der Waals surface area contributed by atoms with Crippen LogP contribution in [0.4, 0.5) is 17.6 Å². The summed E-state index contributed by atoms with van der Waals surface area (Å²) >= 11 is 1.53. The molecule has 0 saturated carbocycles. The number of aliphatic hydroxyl groups is 1. The summed E-state index contributed by atoms with van der Waals surface area (Å²) in [7, 11) is 0. The fourth-order valence-corrected chi connectivity index (χ4v) is 0.946. The first-order valence-corrected chi connectivity index (χ1v) is 3.88. The van der Waals surface area contributed by atoms with Crippen LogP contribution in [0.2, 0.25) is 0 Å². The van der Waals surface area contributed by atoms with Gasteiger partial charge in [-0.05, 0) is 0 Å². The molecule has 0 rings (SSSR count). The van der Waals surface area contributed by atoms with Gasteiger partial charge in [0.2, 0.25) is 0 Å². The Morgan fingerprint density at radius 1 is 1.18 bits per heavy atom. The van der Waals surface area contributed by atoms with Crippen LogP contribution >= 0.6 is 22.6 Å². The second-order valence-corrected chi connectivity index (χ2v) is 2.76. The average Bonchev–Trinajstić information content (AvgIpc) is 1.61. The van der Waals surface area contributed by atoms with Gasteiger partial charge in [-0.15, -0.1) is 0 Å². The van der Waals surface area contributed by atoms with Crippen LogP contribution in [0.3, 0.4) is 0 Å². The quantitative estimate of drug-likeness (QED) is 0.331. The Morgan fingerprint density at radius 3 is 1.64 bits per heavy atom. The fraction of sp³-hybridized carbons (Fsp3) is 1.00. The molecule has 0 bridgehead atoms. The van der Waals surface area contributed by atoms with E-state index in [4.69, 9.17) is 5.11 Å². The van der Waals surface area contributed by atoms with E-state index in [1.807, 2.05) is 0 Å². The van der Waals surface area contributed by atoms with Crippen LogP contribution in [0.15, 0.2) is 0 Å². The third kappa shape index (κ3) is 3.35. The molecular formula is C4H5F4IORf. The van der Waals surface area contributed by atoms with Gasteiger partial charge in [0, 0.05) is 10.8 Å². The van der Waals surface area contributed by atoms with Gasteiger partial charge in [-0.3, -0.25) is 0 Å². The van der Waals surface area contributed by atoms with E-state index in [-0.39, 0.29) is 4.43 Å². The molecule has 0 unspecified atom stereocenters. The minimum atomic E-state index is -4.89. The molecule has 0 fully saturated rings. The predicted octanol–water partition coefficient (Wildman–Crippen LogP) is 2.03. The second-order valence-electron chi connectivity index (χ2n) is 1.68. The molecule has 0 saturated heterocycles. The molecule has 0 aliphatic carbocycles. The van der Waals surface area contributed by atoms with Gasteiger partial charge in [0.15, 0.2) is 0 Å². The van der Waals surface area contributed by atoms with E-state index in [9.17, 15) is 17.6 Å². The zero-order valence-corrected chi connectivity index (χ0v) is 14.0. The monoisotopic (exact) mass is 539 g/mol. The topological polar surface area (TPSA) is 20.2 Å². The van der Waals surface area contributed by atoms with Gasteiger partial charge in [-0.2, -0.15) is 17.6 Å². The van der Waals surface area contributed by atoms with Crippen LogP contribution in [0, 0.1) is 0 Å². The van der Waals surface area contributed by atoms with Gasteiger partial charge in [0.25, 0.3) is 0 Å². The molecular weight excluding hydrogens is 534 g/mol. The van der Waals surface area contributed by atoms with Crippen LogP contribution in [0.5, 0.6) is 0 Å². The van der Waals surface area contributed by atoms with Crippen molar-refractivity contribution < 1.29 is 22.7 Å². The van der Waals surface area contributed by atoms with Gasteiger partial charge < -0.3 is 5.11 Å². The molecule has 0 aromatic rings. The zero-order valence-electron chi connectivity index (χ0n) is 5.46. The first kappa shape index (κ1) is 13.0. The molecule has 64 valence electrons. The van der Waals surface area contributed by atoms with Crippen LogP contribution in [0.25, 0.3) is 0 Å². The van der Waals surface area contributed by atoms with Crippen molar-refractivity contribution in [2.24, 2.45) is 0 Å². The maximum absolute atomic E-state index is 11.9. The van der Waals surface area contributed by atoms with Gasteiger partial charge in [-0.25, -0.2) is 0 Å². The molecule has 0 aliphatic heterocycles. The maximum atomic E-state index is 11.9. The zero-order chi connectivity index (χ0) is 8.41. The van der Waals surface area contributed by atoms with Crippen molar-refractivity contribution in [2.75, 3.05) is 4.43 Å². The third-order valence-electron chi connectivity index (χ3n) is 0.849. The van der Waals surface area contributed by atoms with E-state index < -0.39 is 18.5 Å². The van der Waals surface area contributed by atoms with Crippen molar-refractivity contribution in [3.63, 3.8) is 0 Å². The molecule has 1 N–H and O–H groups in total. The van der Waals surface area contributed by atoms with Crippen molar-refractivity contribution in [1.29, 1.82) is 0 Å². The minimum absolute atomic E-state index is 0. The number of halogens is 5. The van der Waals surface area contributed by atoms with E-state index in [0.717, 1.165) is 0 Å². The summed E-state index contributed by atoms with van der Waals surface area (Å²) < 4.78 is 46.7. The van der Waals surface area contributed by atoms with Crippen molar-refractivity contribution in [3.8, 4) is 0 Å². The van der Waals surface area contributed by atoms with E-state index in [1.165, 1.54) is 22.6 Å². The molecule has 0 amide bonds. The fourth-order valence-electron chi connectivity index (χ4n) is 0.269. The summed E-state index contributed by atoms with van der Waals surface area (Å²) in [6.45, 7) is 0. The van der Waals surface area contributed by atoms with Gasteiger partial charge in [0.1, 0.15) is 0 Å². The van der Waals surface area contributed by atoms with Gasteiger partial charge >= 0.3 is 12.0 Å². The molecule has 11 heavy (non-hydrogen) atoms. The molecule has 0 radical (unpaired) electrons. The Bertz CT molecular complexity index is 115. The SMILES string of the molecule is OC(F)(F)C(F)(F)CCI.[Rf]. The van der Waals surface area contributed by atoms with Crippen LogP contribution in [-0.2, 0) is 0 Å². The molecule has 0 aromatic carbocycles. The van der Waals surface area contributed by atoms with Gasteiger partial charge in [0.05, 0.1) is 0 Å². The average molecular weight is 539 g/mol. The van der Waals surface area contributed by atoms with E-state index in [1.54, 1.807) is 0 Å². The number of alkyl halides is 5. The van der Waals surface area contributed by atoms with Crippen molar-refractivity contribution in [2.45, 2.75) is 18.5 Å². The van der Waals surface area contributed by atoms with Crippen LogP contribution in [0.1, 0.15) is 6.42 Å². The summed E-state index contributed by atoms with van der Waals surface area (Å²) in [5, 5.41) is 7.59. The Balaban J connectivity index is 0.